The van der Waals surface area contributed by atoms with Crippen LogP contribution in [0.5, 0.6) is 0 Å². The number of hydrogen-bond donors (Lipinski definition) is 1. The van der Waals surface area contributed by atoms with Crippen LogP contribution in [0.4, 0.5) is 0 Å². The van der Waals surface area contributed by atoms with Crippen molar-refractivity contribution in [2.45, 2.75) is 31.7 Å². The standard InChI is InChI=1S/C13H20N2O3S2/c1-20(17,18)14-11-7-8-15(10-11)13(16)6-2-4-12-5-3-9-19-12/h3,5,9,11,14H,2,4,6-8,10H2,1H3/t11-/m0/s1. The lowest BCUT2D eigenvalue weighted by molar-refractivity contribution is -0.130. The molecule has 0 aliphatic carbocycles. The predicted octanol–water partition coefficient (Wildman–Crippen LogP) is 1.22. The van der Waals surface area contributed by atoms with E-state index in [2.05, 4.69) is 10.8 Å². The third-order valence-corrected chi connectivity index (χ3v) is 5.01. The van der Waals surface area contributed by atoms with E-state index in [1.807, 2.05) is 11.4 Å². The summed E-state index contributed by atoms with van der Waals surface area (Å²) in [4.78, 5) is 15.1. The Kier molecular flexibility index (Phi) is 5.17. The average Bonchev–Trinajstić information content (AvgIpc) is 2.98. The van der Waals surface area contributed by atoms with Crippen LogP contribution in [0.1, 0.15) is 24.1 Å². The van der Waals surface area contributed by atoms with E-state index < -0.39 is 10.0 Å². The second kappa shape index (κ2) is 6.69. The minimum Gasteiger partial charge on any atom is -0.341 e. The van der Waals surface area contributed by atoms with Crippen molar-refractivity contribution < 1.29 is 13.2 Å². The van der Waals surface area contributed by atoms with Crippen LogP contribution in [0.15, 0.2) is 17.5 Å². The van der Waals surface area contributed by atoms with Crippen LogP contribution in [0.2, 0.25) is 0 Å². The molecule has 0 unspecified atom stereocenters. The second-order valence-electron chi connectivity index (χ2n) is 5.15. The van der Waals surface area contributed by atoms with Gasteiger partial charge in [0.05, 0.1) is 6.26 Å². The van der Waals surface area contributed by atoms with Crippen molar-refractivity contribution in [1.82, 2.24) is 9.62 Å². The highest BCUT2D eigenvalue weighted by Gasteiger charge is 2.27. The molecule has 7 heteroatoms. The van der Waals surface area contributed by atoms with Crippen LogP contribution in [0.3, 0.4) is 0 Å². The Hall–Kier alpha value is -0.920. The number of carbonyl (C=O) groups excluding carboxylic acids is 1. The molecule has 1 aliphatic rings. The zero-order valence-electron chi connectivity index (χ0n) is 11.5. The first-order valence-corrected chi connectivity index (χ1v) is 9.48. The zero-order valence-corrected chi connectivity index (χ0v) is 13.2. The van der Waals surface area contributed by atoms with Gasteiger partial charge in [0, 0.05) is 30.4 Å². The van der Waals surface area contributed by atoms with Crippen LogP contribution in [-0.2, 0) is 21.2 Å². The summed E-state index contributed by atoms with van der Waals surface area (Å²) >= 11 is 1.71. The third-order valence-electron chi connectivity index (χ3n) is 3.32. The molecule has 0 spiro atoms. The van der Waals surface area contributed by atoms with Gasteiger partial charge in [0.2, 0.25) is 15.9 Å². The first kappa shape index (κ1) is 15.5. The number of nitrogens with one attached hydrogen (secondary N) is 1. The van der Waals surface area contributed by atoms with Gasteiger partial charge in [-0.25, -0.2) is 13.1 Å². The first-order chi connectivity index (χ1) is 9.44. The highest BCUT2D eigenvalue weighted by molar-refractivity contribution is 7.88. The molecule has 1 amide bonds. The van der Waals surface area contributed by atoms with Crippen molar-refractivity contribution in [3.63, 3.8) is 0 Å². The van der Waals surface area contributed by atoms with Crippen molar-refractivity contribution in [1.29, 1.82) is 0 Å². The van der Waals surface area contributed by atoms with Gasteiger partial charge in [0.25, 0.3) is 0 Å². The number of nitrogens with zero attached hydrogens (tertiary/aromatic N) is 1. The van der Waals surface area contributed by atoms with Crippen LogP contribution in [0.25, 0.3) is 0 Å². The van der Waals surface area contributed by atoms with E-state index in [-0.39, 0.29) is 11.9 Å². The van der Waals surface area contributed by atoms with Gasteiger partial charge in [-0.1, -0.05) is 6.07 Å². The molecule has 20 heavy (non-hydrogen) atoms. The smallest absolute Gasteiger partial charge is 0.222 e. The minimum absolute atomic E-state index is 0.124. The number of thiophene rings is 1. The second-order valence-corrected chi connectivity index (χ2v) is 7.96. The molecule has 0 bridgehead atoms. The molecule has 0 aromatic carbocycles. The normalized spacial score (nSPS) is 19.4. The van der Waals surface area contributed by atoms with Gasteiger partial charge in [-0.15, -0.1) is 11.3 Å². The van der Waals surface area contributed by atoms with Gasteiger partial charge in [0.15, 0.2) is 0 Å². The molecular weight excluding hydrogens is 296 g/mol. The maximum Gasteiger partial charge on any atom is 0.222 e. The summed E-state index contributed by atoms with van der Waals surface area (Å²) in [5.41, 5.74) is 0. The van der Waals surface area contributed by atoms with Crippen LogP contribution in [-0.4, -0.2) is 44.6 Å². The van der Waals surface area contributed by atoms with Crippen molar-refractivity contribution in [2.24, 2.45) is 0 Å². The van der Waals surface area contributed by atoms with Crippen LogP contribution < -0.4 is 4.72 Å². The maximum atomic E-state index is 12.0. The molecule has 1 aromatic rings. The lowest BCUT2D eigenvalue weighted by atomic mass is 10.2. The van der Waals surface area contributed by atoms with Crippen molar-refractivity contribution in [2.75, 3.05) is 19.3 Å². The van der Waals surface area contributed by atoms with E-state index in [4.69, 9.17) is 0 Å². The van der Waals surface area contributed by atoms with Gasteiger partial charge in [-0.2, -0.15) is 0 Å². The molecule has 2 rings (SSSR count). The largest absolute Gasteiger partial charge is 0.341 e. The molecule has 5 nitrogen and oxygen atoms in total. The molecule has 112 valence electrons. The van der Waals surface area contributed by atoms with Gasteiger partial charge >= 0.3 is 0 Å². The van der Waals surface area contributed by atoms with Crippen molar-refractivity contribution >= 4 is 27.3 Å². The molecule has 0 saturated carbocycles. The molecule has 2 heterocycles. The summed E-state index contributed by atoms with van der Waals surface area (Å²) in [5.74, 6) is 0.124. The minimum atomic E-state index is -3.19. The number of aryl methyl sites for hydroxylation is 1. The molecule has 1 aliphatic heterocycles. The Morgan fingerprint density at radius 2 is 2.35 bits per heavy atom. The summed E-state index contributed by atoms with van der Waals surface area (Å²) in [6, 6.07) is 3.96. The topological polar surface area (TPSA) is 66.5 Å². The van der Waals surface area contributed by atoms with Gasteiger partial charge in [-0.05, 0) is 30.7 Å². The molecular formula is C13H20N2O3S2. The molecule has 1 atom stereocenters. The van der Waals surface area contributed by atoms with E-state index in [0.29, 0.717) is 25.9 Å². The molecule has 1 N–H and O–H groups in total. The SMILES string of the molecule is CS(=O)(=O)N[C@H]1CCN(C(=O)CCCc2cccs2)C1. The summed E-state index contributed by atoms with van der Waals surface area (Å²) in [6.07, 6.45) is 4.16. The number of carbonyl (C=O) groups is 1. The highest BCUT2D eigenvalue weighted by Crippen LogP contribution is 2.15. The van der Waals surface area contributed by atoms with Crippen LogP contribution >= 0.6 is 11.3 Å². The van der Waals surface area contributed by atoms with E-state index in [1.54, 1.807) is 16.2 Å². The molecule has 0 radical (unpaired) electrons. The maximum absolute atomic E-state index is 12.0. The third kappa shape index (κ3) is 4.88. The number of sulfonamides is 1. The van der Waals surface area contributed by atoms with E-state index >= 15 is 0 Å². The number of hydrogen-bond acceptors (Lipinski definition) is 4. The Morgan fingerprint density at radius 1 is 1.55 bits per heavy atom. The highest BCUT2D eigenvalue weighted by atomic mass is 32.2. The van der Waals surface area contributed by atoms with E-state index in [1.165, 1.54) is 4.88 Å². The van der Waals surface area contributed by atoms with E-state index in [0.717, 1.165) is 19.1 Å². The lowest BCUT2D eigenvalue weighted by Crippen LogP contribution is -2.37. The monoisotopic (exact) mass is 316 g/mol. The zero-order chi connectivity index (χ0) is 14.6. The summed E-state index contributed by atoms with van der Waals surface area (Å²) in [5, 5.41) is 2.04. The van der Waals surface area contributed by atoms with Gasteiger partial charge < -0.3 is 4.90 Å². The van der Waals surface area contributed by atoms with Crippen molar-refractivity contribution in [3.8, 4) is 0 Å². The molecule has 1 aromatic heterocycles. The average molecular weight is 316 g/mol. The van der Waals surface area contributed by atoms with Crippen molar-refractivity contribution in [3.05, 3.63) is 22.4 Å². The van der Waals surface area contributed by atoms with Crippen LogP contribution in [0, 0.1) is 0 Å². The Bertz CT molecular complexity index is 540. The molecule has 1 saturated heterocycles. The Morgan fingerprint density at radius 3 is 3.00 bits per heavy atom. The number of amides is 1. The lowest BCUT2D eigenvalue weighted by Gasteiger charge is -2.16. The fourth-order valence-corrected chi connectivity index (χ4v) is 3.96. The van der Waals surface area contributed by atoms with E-state index in [9.17, 15) is 13.2 Å². The number of likely N-dealkylation sites (tertiary alicyclic amines) is 1. The summed E-state index contributed by atoms with van der Waals surface area (Å²) in [6.45, 7) is 1.13. The Balaban J connectivity index is 1.71. The fourth-order valence-electron chi connectivity index (χ4n) is 2.41. The number of rotatable bonds is 6. The summed E-state index contributed by atoms with van der Waals surface area (Å²) in [7, 11) is -3.19. The quantitative estimate of drug-likeness (QED) is 0.858. The predicted molar refractivity (Wildman–Crippen MR) is 80.2 cm³/mol. The first-order valence-electron chi connectivity index (χ1n) is 6.71. The molecule has 1 fully saturated rings. The summed E-state index contributed by atoms with van der Waals surface area (Å²) < 4.78 is 24.9. The Labute approximate surface area is 124 Å². The van der Waals surface area contributed by atoms with Gasteiger partial charge in [0.1, 0.15) is 0 Å². The fraction of sp³-hybridized carbons (Fsp3) is 0.615. The van der Waals surface area contributed by atoms with Gasteiger partial charge in [-0.3, -0.25) is 4.79 Å².